The first-order chi connectivity index (χ1) is 8.75. The molecule has 0 saturated carbocycles. The first-order valence-electron chi connectivity index (χ1n) is 6.44. The number of thioether (sulfide) groups is 1. The molecule has 0 aromatic heterocycles. The second-order valence-corrected chi connectivity index (χ2v) is 5.80. The molecule has 0 bridgehead atoms. The Bertz CT molecular complexity index is 411. The molecule has 0 aliphatic carbocycles. The zero-order chi connectivity index (χ0) is 12.8. The molecule has 4 heteroatoms. The van der Waals surface area contributed by atoms with E-state index < -0.39 is 0 Å². The minimum absolute atomic E-state index is 0.711. The van der Waals surface area contributed by atoms with E-state index in [1.807, 2.05) is 11.8 Å². The fourth-order valence-electron chi connectivity index (χ4n) is 2.06. The summed E-state index contributed by atoms with van der Waals surface area (Å²) in [5.74, 6) is 3.03. The van der Waals surface area contributed by atoms with Gasteiger partial charge in [-0.2, -0.15) is 11.8 Å². The summed E-state index contributed by atoms with van der Waals surface area (Å²) in [6, 6.07) is 8.58. The van der Waals surface area contributed by atoms with Gasteiger partial charge in [-0.1, -0.05) is 29.8 Å². The van der Waals surface area contributed by atoms with Crippen molar-refractivity contribution in [3.63, 3.8) is 0 Å². The molecule has 0 spiro atoms. The van der Waals surface area contributed by atoms with E-state index in [9.17, 15) is 0 Å². The normalized spacial score (nSPS) is 16.9. The van der Waals surface area contributed by atoms with Crippen LogP contribution in [-0.2, 0) is 6.42 Å². The van der Waals surface area contributed by atoms with E-state index in [1.165, 1.54) is 11.1 Å². The van der Waals surface area contributed by atoms with E-state index in [4.69, 9.17) is 5.73 Å². The Hall–Kier alpha value is -1.16. The molecule has 0 radical (unpaired) electrons. The highest BCUT2D eigenvalue weighted by Crippen LogP contribution is 2.09. The van der Waals surface area contributed by atoms with Gasteiger partial charge in [0.1, 0.15) is 0 Å². The number of guanidine groups is 1. The summed E-state index contributed by atoms with van der Waals surface area (Å²) in [5.41, 5.74) is 8.65. The van der Waals surface area contributed by atoms with E-state index in [-0.39, 0.29) is 0 Å². The molecule has 2 N–H and O–H groups in total. The second-order valence-electron chi connectivity index (χ2n) is 4.58. The Morgan fingerprint density at radius 1 is 1.39 bits per heavy atom. The number of benzene rings is 1. The minimum Gasteiger partial charge on any atom is -0.370 e. The SMILES string of the molecule is Cc1cccc(CCN=C(N)N2CCSCC2)c1. The Balaban J connectivity index is 1.83. The highest BCUT2D eigenvalue weighted by atomic mass is 32.2. The van der Waals surface area contributed by atoms with Gasteiger partial charge < -0.3 is 10.6 Å². The lowest BCUT2D eigenvalue weighted by atomic mass is 10.1. The maximum Gasteiger partial charge on any atom is 0.191 e. The van der Waals surface area contributed by atoms with Crippen molar-refractivity contribution in [1.82, 2.24) is 4.90 Å². The van der Waals surface area contributed by atoms with E-state index >= 15 is 0 Å². The summed E-state index contributed by atoms with van der Waals surface area (Å²) < 4.78 is 0. The summed E-state index contributed by atoms with van der Waals surface area (Å²) in [4.78, 5) is 6.67. The Morgan fingerprint density at radius 3 is 2.89 bits per heavy atom. The van der Waals surface area contributed by atoms with Gasteiger partial charge in [-0.05, 0) is 18.9 Å². The van der Waals surface area contributed by atoms with Crippen LogP contribution in [0.3, 0.4) is 0 Å². The van der Waals surface area contributed by atoms with E-state index in [2.05, 4.69) is 41.1 Å². The molecule has 1 aliphatic heterocycles. The quantitative estimate of drug-likeness (QED) is 0.669. The molecule has 1 aliphatic rings. The zero-order valence-corrected chi connectivity index (χ0v) is 11.7. The lowest BCUT2D eigenvalue weighted by Crippen LogP contribution is -2.42. The highest BCUT2D eigenvalue weighted by Gasteiger charge is 2.11. The number of hydrogen-bond acceptors (Lipinski definition) is 2. The molecule has 1 aromatic carbocycles. The van der Waals surface area contributed by atoms with Gasteiger partial charge >= 0.3 is 0 Å². The molecular formula is C14H21N3S. The Morgan fingerprint density at radius 2 is 2.17 bits per heavy atom. The van der Waals surface area contributed by atoms with Crippen molar-refractivity contribution >= 4 is 17.7 Å². The van der Waals surface area contributed by atoms with Gasteiger partial charge in [-0.3, -0.25) is 4.99 Å². The molecule has 1 saturated heterocycles. The smallest absolute Gasteiger partial charge is 0.191 e. The number of nitrogens with zero attached hydrogens (tertiary/aromatic N) is 2. The van der Waals surface area contributed by atoms with Crippen molar-refractivity contribution in [2.45, 2.75) is 13.3 Å². The molecule has 1 heterocycles. The highest BCUT2D eigenvalue weighted by molar-refractivity contribution is 7.99. The van der Waals surface area contributed by atoms with E-state index in [0.29, 0.717) is 5.96 Å². The number of hydrogen-bond donors (Lipinski definition) is 1. The summed E-state index contributed by atoms with van der Waals surface area (Å²) in [6.45, 7) is 4.96. The third-order valence-electron chi connectivity index (χ3n) is 3.09. The maximum atomic E-state index is 6.01. The monoisotopic (exact) mass is 263 g/mol. The van der Waals surface area contributed by atoms with Crippen LogP contribution < -0.4 is 5.73 Å². The maximum absolute atomic E-state index is 6.01. The van der Waals surface area contributed by atoms with Gasteiger partial charge in [-0.15, -0.1) is 0 Å². The van der Waals surface area contributed by atoms with Crippen LogP contribution in [0.2, 0.25) is 0 Å². The molecule has 1 aromatic rings. The van der Waals surface area contributed by atoms with Crippen LogP contribution in [0.1, 0.15) is 11.1 Å². The fourth-order valence-corrected chi connectivity index (χ4v) is 2.96. The number of nitrogens with two attached hydrogens (primary N) is 1. The molecule has 18 heavy (non-hydrogen) atoms. The van der Waals surface area contributed by atoms with Crippen LogP contribution >= 0.6 is 11.8 Å². The van der Waals surface area contributed by atoms with Crippen molar-refractivity contribution in [2.24, 2.45) is 10.7 Å². The molecule has 2 rings (SSSR count). The average molecular weight is 263 g/mol. The molecule has 3 nitrogen and oxygen atoms in total. The van der Waals surface area contributed by atoms with Crippen LogP contribution in [-0.4, -0.2) is 42.0 Å². The lowest BCUT2D eigenvalue weighted by molar-refractivity contribution is 0.456. The molecule has 98 valence electrons. The van der Waals surface area contributed by atoms with Gasteiger partial charge in [0, 0.05) is 31.1 Å². The van der Waals surface area contributed by atoms with Gasteiger partial charge in [0.05, 0.1) is 0 Å². The summed E-state index contributed by atoms with van der Waals surface area (Å²) >= 11 is 1.99. The predicted molar refractivity (Wildman–Crippen MR) is 80.3 cm³/mol. The van der Waals surface area contributed by atoms with Crippen LogP contribution in [0.25, 0.3) is 0 Å². The second kappa shape index (κ2) is 6.69. The molecule has 1 fully saturated rings. The third kappa shape index (κ3) is 3.95. The van der Waals surface area contributed by atoms with Crippen LogP contribution in [0.4, 0.5) is 0 Å². The fraction of sp³-hybridized carbons (Fsp3) is 0.500. The van der Waals surface area contributed by atoms with Crippen molar-refractivity contribution < 1.29 is 0 Å². The van der Waals surface area contributed by atoms with E-state index in [1.54, 1.807) is 0 Å². The first kappa shape index (κ1) is 13.3. The lowest BCUT2D eigenvalue weighted by Gasteiger charge is -2.27. The summed E-state index contributed by atoms with van der Waals surface area (Å²) in [7, 11) is 0. The van der Waals surface area contributed by atoms with Crippen LogP contribution in [0, 0.1) is 6.92 Å². The Kier molecular flexibility index (Phi) is 4.93. The molecule has 0 amide bonds. The van der Waals surface area contributed by atoms with Gasteiger partial charge in [0.15, 0.2) is 5.96 Å². The van der Waals surface area contributed by atoms with Crippen molar-refractivity contribution in [3.8, 4) is 0 Å². The Labute approximate surface area is 113 Å². The number of aliphatic imine (C=N–C) groups is 1. The van der Waals surface area contributed by atoms with Crippen molar-refractivity contribution in [1.29, 1.82) is 0 Å². The zero-order valence-electron chi connectivity index (χ0n) is 10.9. The predicted octanol–water partition coefficient (Wildman–Crippen LogP) is 1.90. The molecule has 0 unspecified atom stereocenters. The average Bonchev–Trinajstić information content (AvgIpc) is 2.40. The number of aryl methyl sites for hydroxylation is 1. The summed E-state index contributed by atoms with van der Waals surface area (Å²) in [5, 5.41) is 0. The molecular weight excluding hydrogens is 242 g/mol. The van der Waals surface area contributed by atoms with Gasteiger partial charge in [0.2, 0.25) is 0 Å². The van der Waals surface area contributed by atoms with Crippen LogP contribution in [0.5, 0.6) is 0 Å². The number of rotatable bonds is 3. The topological polar surface area (TPSA) is 41.6 Å². The summed E-state index contributed by atoms with van der Waals surface area (Å²) in [6.07, 6.45) is 0.963. The molecule has 0 atom stereocenters. The first-order valence-corrected chi connectivity index (χ1v) is 7.59. The van der Waals surface area contributed by atoms with Crippen molar-refractivity contribution in [3.05, 3.63) is 35.4 Å². The standard InChI is InChI=1S/C14H21N3S/c1-12-3-2-4-13(11-12)5-6-16-14(15)17-7-9-18-10-8-17/h2-4,11H,5-10H2,1H3,(H2,15,16). The largest absolute Gasteiger partial charge is 0.370 e. The van der Waals surface area contributed by atoms with E-state index in [0.717, 1.165) is 37.6 Å². The van der Waals surface area contributed by atoms with Gasteiger partial charge in [0.25, 0.3) is 0 Å². The third-order valence-corrected chi connectivity index (χ3v) is 4.03. The van der Waals surface area contributed by atoms with Crippen molar-refractivity contribution in [2.75, 3.05) is 31.1 Å². The van der Waals surface area contributed by atoms with Gasteiger partial charge in [-0.25, -0.2) is 0 Å². The van der Waals surface area contributed by atoms with Crippen LogP contribution in [0.15, 0.2) is 29.3 Å². The minimum atomic E-state index is 0.711.